The molecule has 1 atom stereocenters. The minimum absolute atomic E-state index is 0.257. The zero-order valence-electron chi connectivity index (χ0n) is 8.42. The summed E-state index contributed by atoms with van der Waals surface area (Å²) in [6.07, 6.45) is 7.14. The van der Waals surface area contributed by atoms with Crippen LogP contribution < -0.4 is 0 Å². The van der Waals surface area contributed by atoms with Gasteiger partial charge >= 0.3 is 0 Å². The van der Waals surface area contributed by atoms with Crippen molar-refractivity contribution in [2.75, 3.05) is 6.61 Å². The molecule has 0 N–H and O–H groups in total. The van der Waals surface area contributed by atoms with E-state index in [0.29, 0.717) is 5.92 Å². The van der Waals surface area contributed by atoms with Gasteiger partial charge < -0.3 is 4.74 Å². The molecule has 0 saturated heterocycles. The van der Waals surface area contributed by atoms with Crippen LogP contribution in [-0.4, -0.2) is 12.7 Å². The lowest BCUT2D eigenvalue weighted by atomic mass is 10.1. The minimum Gasteiger partial charge on any atom is -0.374 e. The van der Waals surface area contributed by atoms with Crippen molar-refractivity contribution in [3.8, 4) is 0 Å². The second-order valence-electron chi connectivity index (χ2n) is 3.24. The third-order valence-corrected chi connectivity index (χ3v) is 1.55. The second kappa shape index (κ2) is 7.11. The van der Waals surface area contributed by atoms with E-state index < -0.39 is 0 Å². The van der Waals surface area contributed by atoms with Crippen LogP contribution in [0, 0.1) is 5.92 Å². The molecule has 0 bridgehead atoms. The van der Waals surface area contributed by atoms with Gasteiger partial charge in [0.2, 0.25) is 0 Å². The number of allylic oxidation sites excluding steroid dienone is 2. The fraction of sp³-hybridized carbons (Fsp3) is 0.636. The van der Waals surface area contributed by atoms with E-state index >= 15 is 0 Å². The van der Waals surface area contributed by atoms with Gasteiger partial charge in [0.25, 0.3) is 0 Å². The van der Waals surface area contributed by atoms with Gasteiger partial charge in [-0.15, -0.1) is 0 Å². The third-order valence-electron chi connectivity index (χ3n) is 1.55. The SMILES string of the molecule is C=CC=CC(CC(C)C)OCC. The van der Waals surface area contributed by atoms with E-state index in [9.17, 15) is 0 Å². The van der Waals surface area contributed by atoms with E-state index in [4.69, 9.17) is 4.74 Å². The Morgan fingerprint density at radius 3 is 2.50 bits per heavy atom. The summed E-state index contributed by atoms with van der Waals surface area (Å²) in [5, 5.41) is 0. The fourth-order valence-electron chi connectivity index (χ4n) is 1.08. The summed E-state index contributed by atoms with van der Waals surface area (Å²) < 4.78 is 5.52. The second-order valence-corrected chi connectivity index (χ2v) is 3.24. The van der Waals surface area contributed by atoms with Gasteiger partial charge in [-0.25, -0.2) is 0 Å². The molecule has 12 heavy (non-hydrogen) atoms. The van der Waals surface area contributed by atoms with Gasteiger partial charge in [-0.3, -0.25) is 0 Å². The fourth-order valence-corrected chi connectivity index (χ4v) is 1.08. The Labute approximate surface area is 76.1 Å². The molecule has 0 aliphatic rings. The molecule has 0 fully saturated rings. The lowest BCUT2D eigenvalue weighted by molar-refractivity contribution is 0.0814. The molecule has 0 heterocycles. The Balaban J connectivity index is 3.85. The van der Waals surface area contributed by atoms with Gasteiger partial charge in [0.1, 0.15) is 0 Å². The van der Waals surface area contributed by atoms with Crippen molar-refractivity contribution in [2.24, 2.45) is 5.92 Å². The Kier molecular flexibility index (Phi) is 6.78. The molecule has 70 valence electrons. The molecule has 1 unspecified atom stereocenters. The Hall–Kier alpha value is -0.560. The predicted molar refractivity (Wildman–Crippen MR) is 54.2 cm³/mol. The van der Waals surface area contributed by atoms with Crippen molar-refractivity contribution in [1.29, 1.82) is 0 Å². The van der Waals surface area contributed by atoms with Crippen molar-refractivity contribution in [2.45, 2.75) is 33.3 Å². The van der Waals surface area contributed by atoms with E-state index in [1.165, 1.54) is 0 Å². The summed E-state index contributed by atoms with van der Waals surface area (Å²) in [7, 11) is 0. The molecule has 0 aromatic heterocycles. The Bertz CT molecular complexity index is 136. The van der Waals surface area contributed by atoms with E-state index in [-0.39, 0.29) is 6.10 Å². The van der Waals surface area contributed by atoms with E-state index in [0.717, 1.165) is 13.0 Å². The molecule has 1 heteroatoms. The molecule has 0 aliphatic carbocycles. The van der Waals surface area contributed by atoms with Crippen molar-refractivity contribution >= 4 is 0 Å². The van der Waals surface area contributed by atoms with Crippen LogP contribution in [0.25, 0.3) is 0 Å². The molecular formula is C11H20O. The van der Waals surface area contributed by atoms with Gasteiger partial charge in [0, 0.05) is 6.61 Å². The van der Waals surface area contributed by atoms with Gasteiger partial charge in [-0.05, 0) is 19.3 Å². The molecule has 0 amide bonds. The maximum absolute atomic E-state index is 5.52. The average molecular weight is 168 g/mol. The van der Waals surface area contributed by atoms with Crippen molar-refractivity contribution < 1.29 is 4.74 Å². The lowest BCUT2D eigenvalue weighted by Crippen LogP contribution is -2.12. The molecule has 1 nitrogen and oxygen atoms in total. The Morgan fingerprint density at radius 2 is 2.08 bits per heavy atom. The summed E-state index contributed by atoms with van der Waals surface area (Å²) in [5.74, 6) is 0.677. The maximum atomic E-state index is 5.52. The first-order valence-electron chi connectivity index (χ1n) is 4.61. The first-order chi connectivity index (χ1) is 5.70. The quantitative estimate of drug-likeness (QED) is 0.553. The highest BCUT2D eigenvalue weighted by Gasteiger charge is 2.05. The van der Waals surface area contributed by atoms with Crippen molar-refractivity contribution in [3.63, 3.8) is 0 Å². The van der Waals surface area contributed by atoms with E-state index in [2.05, 4.69) is 26.5 Å². The van der Waals surface area contributed by atoms with E-state index in [1.807, 2.05) is 13.0 Å². The molecule has 0 aliphatic heterocycles. The van der Waals surface area contributed by atoms with Crippen molar-refractivity contribution in [3.05, 3.63) is 24.8 Å². The molecular weight excluding hydrogens is 148 g/mol. The highest BCUT2D eigenvalue weighted by molar-refractivity contribution is 5.01. The van der Waals surface area contributed by atoms with Gasteiger partial charge in [-0.1, -0.05) is 38.7 Å². The molecule has 0 saturated carbocycles. The van der Waals surface area contributed by atoms with Crippen LogP contribution in [0.2, 0.25) is 0 Å². The third kappa shape index (κ3) is 6.17. The van der Waals surface area contributed by atoms with Crippen LogP contribution in [0.15, 0.2) is 24.8 Å². The highest BCUT2D eigenvalue weighted by Crippen LogP contribution is 2.09. The average Bonchev–Trinajstić information content (AvgIpc) is 2.00. The first kappa shape index (κ1) is 11.4. The summed E-state index contributed by atoms with van der Waals surface area (Å²) in [6.45, 7) is 10.8. The topological polar surface area (TPSA) is 9.23 Å². The zero-order valence-corrected chi connectivity index (χ0v) is 8.42. The summed E-state index contributed by atoms with van der Waals surface area (Å²) in [6, 6.07) is 0. The van der Waals surface area contributed by atoms with E-state index in [1.54, 1.807) is 6.08 Å². The summed E-state index contributed by atoms with van der Waals surface area (Å²) >= 11 is 0. The predicted octanol–water partition coefficient (Wildman–Crippen LogP) is 3.18. The molecule has 0 spiro atoms. The van der Waals surface area contributed by atoms with Crippen molar-refractivity contribution in [1.82, 2.24) is 0 Å². The van der Waals surface area contributed by atoms with Gasteiger partial charge in [0.05, 0.1) is 6.10 Å². The molecule has 0 aromatic rings. The van der Waals surface area contributed by atoms with Crippen LogP contribution in [0.1, 0.15) is 27.2 Å². The van der Waals surface area contributed by atoms with Crippen LogP contribution in [-0.2, 0) is 4.74 Å². The largest absolute Gasteiger partial charge is 0.374 e. The van der Waals surface area contributed by atoms with Crippen LogP contribution in [0.4, 0.5) is 0 Å². The lowest BCUT2D eigenvalue weighted by Gasteiger charge is -2.14. The minimum atomic E-state index is 0.257. The number of rotatable bonds is 6. The molecule has 0 aromatic carbocycles. The molecule has 0 rings (SSSR count). The number of ether oxygens (including phenoxy) is 1. The monoisotopic (exact) mass is 168 g/mol. The number of hydrogen-bond donors (Lipinski definition) is 0. The van der Waals surface area contributed by atoms with Crippen LogP contribution in [0.5, 0.6) is 0 Å². The van der Waals surface area contributed by atoms with Crippen LogP contribution >= 0.6 is 0 Å². The first-order valence-corrected chi connectivity index (χ1v) is 4.61. The maximum Gasteiger partial charge on any atom is 0.0761 e. The normalized spacial score (nSPS) is 14.0. The molecule has 0 radical (unpaired) electrons. The smallest absolute Gasteiger partial charge is 0.0761 e. The zero-order chi connectivity index (χ0) is 9.40. The summed E-state index contributed by atoms with van der Waals surface area (Å²) in [5.41, 5.74) is 0. The van der Waals surface area contributed by atoms with Gasteiger partial charge in [0.15, 0.2) is 0 Å². The van der Waals surface area contributed by atoms with Gasteiger partial charge in [-0.2, -0.15) is 0 Å². The standard InChI is InChI=1S/C11H20O/c1-5-7-8-11(12-6-2)9-10(3)4/h5,7-8,10-11H,1,6,9H2,2-4H3. The summed E-state index contributed by atoms with van der Waals surface area (Å²) in [4.78, 5) is 0. The highest BCUT2D eigenvalue weighted by atomic mass is 16.5. The Morgan fingerprint density at radius 1 is 1.42 bits per heavy atom. The number of hydrogen-bond acceptors (Lipinski definition) is 1. The van der Waals surface area contributed by atoms with Crippen LogP contribution in [0.3, 0.4) is 0 Å².